The molecule has 12 nitrogen and oxygen atoms in total. The lowest BCUT2D eigenvalue weighted by Gasteiger charge is -2.22. The summed E-state index contributed by atoms with van der Waals surface area (Å²) in [6.07, 6.45) is 1.65. The zero-order valence-corrected chi connectivity index (χ0v) is 17.9. The van der Waals surface area contributed by atoms with Gasteiger partial charge in [-0.2, -0.15) is 5.10 Å². The number of likely N-dealkylation sites (N-methyl/N-ethyl adjacent to an activating group) is 1. The summed E-state index contributed by atoms with van der Waals surface area (Å²) < 4.78 is 23.2. The van der Waals surface area contributed by atoms with Gasteiger partial charge in [0.25, 0.3) is 5.69 Å². The van der Waals surface area contributed by atoms with Gasteiger partial charge in [-0.25, -0.2) is 4.68 Å². The highest BCUT2D eigenvalue weighted by atomic mass is 16.7. The summed E-state index contributed by atoms with van der Waals surface area (Å²) >= 11 is 0. The average molecular weight is 464 g/mol. The molecule has 13 heteroatoms. The van der Waals surface area contributed by atoms with Crippen molar-refractivity contribution in [3.8, 4) is 28.3 Å². The van der Waals surface area contributed by atoms with Gasteiger partial charge in [0.05, 0.1) is 23.7 Å². The minimum absolute atomic E-state index is 0.0703. The van der Waals surface area contributed by atoms with Gasteiger partial charge in [-0.1, -0.05) is 6.07 Å². The minimum Gasteiger partial charge on any atom is -0.493 e. The van der Waals surface area contributed by atoms with Crippen LogP contribution in [0, 0.1) is 10.1 Å². The first-order valence-corrected chi connectivity index (χ1v) is 10.2. The molecule has 3 aromatic rings. The average Bonchev–Trinajstić information content (AvgIpc) is 3.44. The third-order valence-corrected chi connectivity index (χ3v) is 5.25. The molecule has 0 aliphatic carbocycles. The fourth-order valence-corrected chi connectivity index (χ4v) is 3.65. The minimum atomic E-state index is -1.38. The zero-order valence-electron chi connectivity index (χ0n) is 17.9. The number of aromatic nitrogens is 2. The molecule has 2 aliphatic rings. The molecular weight excluding hydrogens is 447 g/mol. The third kappa shape index (κ3) is 4.15. The van der Waals surface area contributed by atoms with Crippen LogP contribution in [0.15, 0.2) is 48.7 Å². The first-order chi connectivity index (χ1) is 16.4. The third-order valence-electron chi connectivity index (χ3n) is 5.25. The van der Waals surface area contributed by atoms with E-state index in [0.29, 0.717) is 28.3 Å². The fraction of sp³-hybridized carbons (Fsp3) is 0.190. The summed E-state index contributed by atoms with van der Waals surface area (Å²) in [5, 5.41) is 15.5. The molecule has 2 aliphatic heterocycles. The van der Waals surface area contributed by atoms with Gasteiger partial charge in [-0.15, -0.1) is 0 Å². The molecule has 0 unspecified atom stereocenters. The number of nitro benzene ring substituents is 1. The van der Waals surface area contributed by atoms with Gasteiger partial charge in [-0.3, -0.25) is 24.6 Å². The summed E-state index contributed by atoms with van der Waals surface area (Å²) in [5.41, 5.74) is 1.79. The number of carbonyl (C=O) groups excluding carboxylic acids is 2. The standard InChI is InChI=1S/C21H17BN4O8/c1-24-10-19(27)33-22(34-20(28)11-24)21-16(13-2-7-17-18(8-13)32-12-31-17)9-25(23-21)14-3-5-15(6-4-14)26(29)30/h2-9H,10-12H2,1H3. The summed E-state index contributed by atoms with van der Waals surface area (Å²) in [6, 6.07) is 11.0. The second-order valence-electron chi connectivity index (χ2n) is 7.70. The molecule has 1 aromatic heterocycles. The van der Waals surface area contributed by atoms with Gasteiger partial charge in [0.15, 0.2) is 11.5 Å². The van der Waals surface area contributed by atoms with E-state index in [1.54, 1.807) is 31.4 Å². The van der Waals surface area contributed by atoms with Crippen molar-refractivity contribution in [1.82, 2.24) is 14.7 Å². The van der Waals surface area contributed by atoms with E-state index in [2.05, 4.69) is 5.10 Å². The quantitative estimate of drug-likeness (QED) is 0.311. The monoisotopic (exact) mass is 464 g/mol. The Hall–Kier alpha value is -4.39. The molecule has 0 atom stereocenters. The molecule has 5 rings (SSSR count). The van der Waals surface area contributed by atoms with Crippen LogP contribution < -0.4 is 15.1 Å². The van der Waals surface area contributed by atoms with Crippen LogP contribution in [0.5, 0.6) is 11.5 Å². The lowest BCUT2D eigenvalue weighted by atomic mass is 9.79. The molecule has 34 heavy (non-hydrogen) atoms. The van der Waals surface area contributed by atoms with Crippen LogP contribution in [0.1, 0.15) is 0 Å². The second-order valence-corrected chi connectivity index (χ2v) is 7.70. The van der Waals surface area contributed by atoms with Crippen molar-refractivity contribution in [2.75, 3.05) is 26.9 Å². The van der Waals surface area contributed by atoms with Gasteiger partial charge < -0.3 is 18.8 Å². The molecule has 2 aromatic carbocycles. The van der Waals surface area contributed by atoms with Crippen LogP contribution in [0.3, 0.4) is 0 Å². The van der Waals surface area contributed by atoms with Crippen molar-refractivity contribution >= 4 is 30.3 Å². The van der Waals surface area contributed by atoms with Crippen LogP contribution >= 0.6 is 0 Å². The number of carbonyl (C=O) groups is 2. The topological polar surface area (TPSA) is 135 Å². The predicted molar refractivity (Wildman–Crippen MR) is 117 cm³/mol. The van der Waals surface area contributed by atoms with Crippen LogP contribution in [-0.2, 0) is 18.9 Å². The first kappa shape index (κ1) is 21.5. The second kappa shape index (κ2) is 8.52. The summed E-state index contributed by atoms with van der Waals surface area (Å²) in [7, 11) is 0.220. The summed E-state index contributed by atoms with van der Waals surface area (Å²) in [4.78, 5) is 36.6. The maximum Gasteiger partial charge on any atom is 0.658 e. The van der Waals surface area contributed by atoms with Crippen molar-refractivity contribution in [2.24, 2.45) is 0 Å². The Morgan fingerprint density at radius 1 is 1.00 bits per heavy atom. The highest BCUT2D eigenvalue weighted by Gasteiger charge is 2.39. The van der Waals surface area contributed by atoms with Crippen molar-refractivity contribution in [3.63, 3.8) is 0 Å². The normalized spacial score (nSPS) is 16.0. The summed E-state index contributed by atoms with van der Waals surface area (Å²) in [6.45, 7) is -0.0822. The highest BCUT2D eigenvalue weighted by molar-refractivity contribution is 6.65. The van der Waals surface area contributed by atoms with Crippen molar-refractivity contribution in [2.45, 2.75) is 0 Å². The van der Waals surface area contributed by atoms with Crippen LogP contribution in [0.25, 0.3) is 16.8 Å². The molecule has 3 heterocycles. The number of hydrogen-bond donors (Lipinski definition) is 0. The molecule has 0 amide bonds. The molecule has 0 spiro atoms. The van der Waals surface area contributed by atoms with E-state index in [0.717, 1.165) is 0 Å². The van der Waals surface area contributed by atoms with Crippen molar-refractivity contribution in [3.05, 3.63) is 58.8 Å². The SMILES string of the molecule is CN1CC(=O)OB(c2nn(-c3ccc([N+](=O)[O-])cc3)cc2-c2ccc3c(c2)OCO3)OC(=O)C1. The number of benzene rings is 2. The van der Waals surface area contributed by atoms with Gasteiger partial charge >= 0.3 is 19.1 Å². The molecule has 0 saturated carbocycles. The number of non-ortho nitro benzene ring substituents is 1. The van der Waals surface area contributed by atoms with Gasteiger partial charge in [0.2, 0.25) is 6.79 Å². The summed E-state index contributed by atoms with van der Waals surface area (Å²) in [5.74, 6) is -0.0530. The molecule has 0 N–H and O–H groups in total. The van der Waals surface area contributed by atoms with E-state index < -0.39 is 24.0 Å². The lowest BCUT2D eigenvalue weighted by Crippen LogP contribution is -2.49. The molecule has 1 fully saturated rings. The van der Waals surface area contributed by atoms with E-state index in [9.17, 15) is 19.7 Å². The number of nitro groups is 1. The molecule has 0 bridgehead atoms. The molecule has 0 radical (unpaired) electrons. The molecule has 1 saturated heterocycles. The lowest BCUT2D eigenvalue weighted by molar-refractivity contribution is -0.384. The zero-order chi connectivity index (χ0) is 23.8. The number of ether oxygens (including phenoxy) is 2. The maximum atomic E-state index is 12.3. The van der Waals surface area contributed by atoms with E-state index in [1.165, 1.54) is 33.8 Å². The number of hydrogen-bond acceptors (Lipinski definition) is 10. The smallest absolute Gasteiger partial charge is 0.493 e. The van der Waals surface area contributed by atoms with Crippen molar-refractivity contribution < 1.29 is 33.3 Å². The number of fused-ring (bicyclic) bond motifs is 1. The first-order valence-electron chi connectivity index (χ1n) is 10.2. The Balaban J connectivity index is 1.59. The number of rotatable bonds is 4. The van der Waals surface area contributed by atoms with Gasteiger partial charge in [-0.05, 0) is 36.9 Å². The fourth-order valence-electron chi connectivity index (χ4n) is 3.65. The predicted octanol–water partition coefficient (Wildman–Crippen LogP) is 0.903. The van der Waals surface area contributed by atoms with E-state index in [1.807, 2.05) is 0 Å². The van der Waals surface area contributed by atoms with E-state index >= 15 is 0 Å². The van der Waals surface area contributed by atoms with Crippen LogP contribution in [-0.4, -0.2) is 65.6 Å². The Bertz CT molecular complexity index is 1270. The van der Waals surface area contributed by atoms with E-state index in [-0.39, 0.29) is 31.2 Å². The Morgan fingerprint density at radius 2 is 1.68 bits per heavy atom. The van der Waals surface area contributed by atoms with Crippen LogP contribution in [0.2, 0.25) is 0 Å². The van der Waals surface area contributed by atoms with Gasteiger partial charge in [0, 0.05) is 23.9 Å². The van der Waals surface area contributed by atoms with E-state index in [4.69, 9.17) is 18.8 Å². The molecular formula is C21H17BN4O8. The highest BCUT2D eigenvalue weighted by Crippen LogP contribution is 2.35. The van der Waals surface area contributed by atoms with Gasteiger partial charge in [0.1, 0.15) is 5.59 Å². The Kier molecular flexibility index (Phi) is 5.38. The largest absolute Gasteiger partial charge is 0.658 e. The van der Waals surface area contributed by atoms with Crippen molar-refractivity contribution in [1.29, 1.82) is 0 Å². The maximum absolute atomic E-state index is 12.3. The number of nitrogens with zero attached hydrogens (tertiary/aromatic N) is 4. The Morgan fingerprint density at radius 3 is 2.35 bits per heavy atom. The Labute approximate surface area is 192 Å². The van der Waals surface area contributed by atoms with Crippen LogP contribution in [0.4, 0.5) is 5.69 Å². The molecule has 172 valence electrons.